The molecular weight excluding hydrogens is 226 g/mol. The van der Waals surface area contributed by atoms with Crippen LogP contribution in [0.25, 0.3) is 11.0 Å². The first-order valence-electron chi connectivity index (χ1n) is 6.20. The SMILES string of the molecule is CCC(=O)c1cn(C)c2cnc(C(C)(C)C)nc12. The Morgan fingerprint density at radius 1 is 1.39 bits per heavy atom. The first kappa shape index (κ1) is 12.7. The molecular formula is C14H19N3O. The molecule has 0 aliphatic carbocycles. The third-order valence-electron chi connectivity index (χ3n) is 3.02. The Balaban J connectivity index is 2.70. The van der Waals surface area contributed by atoms with Gasteiger partial charge in [0, 0.05) is 25.1 Å². The number of ketones is 1. The van der Waals surface area contributed by atoms with Crippen molar-refractivity contribution in [1.29, 1.82) is 0 Å². The molecule has 0 fully saturated rings. The van der Waals surface area contributed by atoms with E-state index in [2.05, 4.69) is 30.7 Å². The second-order valence-electron chi connectivity index (χ2n) is 5.61. The second kappa shape index (κ2) is 4.19. The van der Waals surface area contributed by atoms with E-state index in [-0.39, 0.29) is 11.2 Å². The van der Waals surface area contributed by atoms with Crippen LogP contribution in [-0.2, 0) is 12.5 Å². The van der Waals surface area contributed by atoms with E-state index >= 15 is 0 Å². The third-order valence-corrected chi connectivity index (χ3v) is 3.02. The molecule has 0 saturated heterocycles. The Labute approximate surface area is 107 Å². The van der Waals surface area contributed by atoms with Crippen molar-refractivity contribution in [2.24, 2.45) is 7.05 Å². The zero-order valence-corrected chi connectivity index (χ0v) is 11.6. The number of hydrogen-bond acceptors (Lipinski definition) is 3. The Morgan fingerprint density at radius 2 is 2.06 bits per heavy atom. The monoisotopic (exact) mass is 245 g/mol. The van der Waals surface area contributed by atoms with Crippen LogP contribution in [0.4, 0.5) is 0 Å². The zero-order chi connectivity index (χ0) is 13.5. The number of rotatable bonds is 2. The fourth-order valence-electron chi connectivity index (χ4n) is 1.91. The predicted molar refractivity (Wildman–Crippen MR) is 71.8 cm³/mol. The number of fused-ring (bicyclic) bond motifs is 1. The van der Waals surface area contributed by atoms with Gasteiger partial charge in [0.2, 0.25) is 0 Å². The van der Waals surface area contributed by atoms with Crippen LogP contribution in [0, 0.1) is 0 Å². The lowest BCUT2D eigenvalue weighted by atomic mass is 9.95. The molecule has 0 spiro atoms. The van der Waals surface area contributed by atoms with Crippen LogP contribution in [0.5, 0.6) is 0 Å². The Kier molecular flexibility index (Phi) is 2.97. The molecule has 4 heteroatoms. The molecule has 0 aromatic carbocycles. The van der Waals surface area contributed by atoms with Gasteiger partial charge in [-0.25, -0.2) is 9.97 Å². The van der Waals surface area contributed by atoms with Gasteiger partial charge in [-0.05, 0) is 0 Å². The van der Waals surface area contributed by atoms with Crippen LogP contribution >= 0.6 is 0 Å². The zero-order valence-electron chi connectivity index (χ0n) is 11.6. The van der Waals surface area contributed by atoms with E-state index < -0.39 is 0 Å². The quantitative estimate of drug-likeness (QED) is 0.764. The minimum Gasteiger partial charge on any atom is -0.347 e. The molecule has 2 aromatic rings. The van der Waals surface area contributed by atoms with Gasteiger partial charge in [0.1, 0.15) is 11.3 Å². The van der Waals surface area contributed by atoms with E-state index in [9.17, 15) is 4.79 Å². The topological polar surface area (TPSA) is 47.8 Å². The molecule has 0 atom stereocenters. The fourth-order valence-corrected chi connectivity index (χ4v) is 1.91. The number of nitrogens with zero attached hydrogens (tertiary/aromatic N) is 3. The van der Waals surface area contributed by atoms with Gasteiger partial charge in [0.25, 0.3) is 0 Å². The molecule has 96 valence electrons. The van der Waals surface area contributed by atoms with Crippen LogP contribution in [-0.4, -0.2) is 20.3 Å². The number of carbonyl (C=O) groups is 1. The molecule has 0 radical (unpaired) electrons. The van der Waals surface area contributed by atoms with Crippen LogP contribution in [0.3, 0.4) is 0 Å². The van der Waals surface area contributed by atoms with Gasteiger partial charge < -0.3 is 4.57 Å². The van der Waals surface area contributed by atoms with Gasteiger partial charge in [-0.15, -0.1) is 0 Å². The molecule has 0 aliphatic rings. The molecule has 2 aromatic heterocycles. The molecule has 18 heavy (non-hydrogen) atoms. The van der Waals surface area contributed by atoms with Crippen molar-refractivity contribution in [2.45, 2.75) is 39.5 Å². The smallest absolute Gasteiger partial charge is 0.166 e. The van der Waals surface area contributed by atoms with Crippen molar-refractivity contribution < 1.29 is 4.79 Å². The lowest BCUT2D eigenvalue weighted by Gasteiger charge is -2.16. The third kappa shape index (κ3) is 2.03. The average Bonchev–Trinajstić information content (AvgIpc) is 2.64. The van der Waals surface area contributed by atoms with E-state index in [4.69, 9.17) is 0 Å². The highest BCUT2D eigenvalue weighted by molar-refractivity contribution is 6.06. The van der Waals surface area contributed by atoms with Crippen LogP contribution < -0.4 is 0 Å². The molecule has 0 aliphatic heterocycles. The van der Waals surface area contributed by atoms with Crippen molar-refractivity contribution in [3.8, 4) is 0 Å². The summed E-state index contributed by atoms with van der Waals surface area (Å²) in [5.74, 6) is 0.894. The van der Waals surface area contributed by atoms with Gasteiger partial charge in [0.15, 0.2) is 5.78 Å². The average molecular weight is 245 g/mol. The highest BCUT2D eigenvalue weighted by Crippen LogP contribution is 2.24. The first-order chi connectivity index (χ1) is 8.34. The highest BCUT2D eigenvalue weighted by atomic mass is 16.1. The van der Waals surface area contributed by atoms with E-state index in [1.54, 1.807) is 6.20 Å². The Hall–Kier alpha value is -1.71. The predicted octanol–water partition coefficient (Wildman–Crippen LogP) is 2.86. The summed E-state index contributed by atoms with van der Waals surface area (Å²) in [4.78, 5) is 20.9. The van der Waals surface area contributed by atoms with Crippen molar-refractivity contribution in [2.75, 3.05) is 0 Å². The normalized spacial score (nSPS) is 12.1. The Morgan fingerprint density at radius 3 is 2.61 bits per heavy atom. The second-order valence-corrected chi connectivity index (χ2v) is 5.61. The lowest BCUT2D eigenvalue weighted by molar-refractivity contribution is 0.0989. The van der Waals surface area contributed by atoms with E-state index in [1.165, 1.54) is 0 Å². The number of carbonyl (C=O) groups excluding carboxylic acids is 1. The van der Waals surface area contributed by atoms with E-state index in [1.807, 2.05) is 24.7 Å². The maximum Gasteiger partial charge on any atom is 0.166 e. The van der Waals surface area contributed by atoms with Gasteiger partial charge >= 0.3 is 0 Å². The molecule has 2 rings (SSSR count). The van der Waals surface area contributed by atoms with Gasteiger partial charge in [-0.1, -0.05) is 27.7 Å². The van der Waals surface area contributed by atoms with Gasteiger partial charge in [0.05, 0.1) is 17.3 Å². The minimum absolute atomic E-state index is 0.115. The summed E-state index contributed by atoms with van der Waals surface area (Å²) in [5, 5.41) is 0. The summed E-state index contributed by atoms with van der Waals surface area (Å²) in [6.45, 7) is 8.07. The molecule has 2 heterocycles. The van der Waals surface area contributed by atoms with Crippen LogP contribution in [0.2, 0.25) is 0 Å². The van der Waals surface area contributed by atoms with E-state index in [0.29, 0.717) is 12.0 Å². The lowest BCUT2D eigenvalue weighted by Crippen LogP contribution is -2.16. The van der Waals surface area contributed by atoms with Gasteiger partial charge in [-0.3, -0.25) is 4.79 Å². The summed E-state index contributed by atoms with van der Waals surface area (Å²) >= 11 is 0. The number of aryl methyl sites for hydroxylation is 1. The standard InChI is InChI=1S/C14H19N3O/c1-6-11(18)9-8-17(5)10-7-15-13(14(2,3)4)16-12(9)10/h7-8H,6H2,1-5H3. The number of Topliss-reactive ketones (excluding diaryl/α,β-unsaturated/α-hetero) is 1. The molecule has 0 bridgehead atoms. The summed E-state index contributed by atoms with van der Waals surface area (Å²) in [6.07, 6.45) is 4.14. The molecule has 0 N–H and O–H groups in total. The van der Waals surface area contributed by atoms with Gasteiger partial charge in [-0.2, -0.15) is 0 Å². The maximum absolute atomic E-state index is 11.9. The Bertz CT molecular complexity index is 605. The van der Waals surface area contributed by atoms with Crippen LogP contribution in [0.1, 0.15) is 50.3 Å². The maximum atomic E-state index is 11.9. The molecule has 4 nitrogen and oxygen atoms in total. The van der Waals surface area contributed by atoms with E-state index in [0.717, 1.165) is 16.9 Å². The van der Waals surface area contributed by atoms with Crippen LogP contribution in [0.15, 0.2) is 12.4 Å². The minimum atomic E-state index is -0.115. The molecule has 0 amide bonds. The highest BCUT2D eigenvalue weighted by Gasteiger charge is 2.20. The van der Waals surface area contributed by atoms with Crippen molar-refractivity contribution >= 4 is 16.8 Å². The first-order valence-corrected chi connectivity index (χ1v) is 6.20. The molecule has 0 unspecified atom stereocenters. The summed E-state index contributed by atoms with van der Waals surface area (Å²) < 4.78 is 1.91. The largest absolute Gasteiger partial charge is 0.347 e. The van der Waals surface area contributed by atoms with Crippen molar-refractivity contribution in [3.05, 3.63) is 23.8 Å². The van der Waals surface area contributed by atoms with Crippen molar-refractivity contribution in [3.63, 3.8) is 0 Å². The number of aromatic nitrogens is 3. The summed E-state index contributed by atoms with van der Waals surface area (Å²) in [7, 11) is 1.91. The number of hydrogen-bond donors (Lipinski definition) is 0. The fraction of sp³-hybridized carbons (Fsp3) is 0.500. The molecule has 0 saturated carbocycles. The summed E-state index contributed by atoms with van der Waals surface area (Å²) in [5.41, 5.74) is 2.25. The summed E-state index contributed by atoms with van der Waals surface area (Å²) in [6, 6.07) is 0. The van der Waals surface area contributed by atoms with Crippen molar-refractivity contribution in [1.82, 2.24) is 14.5 Å².